The number of carboxylic acid groups (broad SMARTS) is 1. The first-order chi connectivity index (χ1) is 10.2. The topological polar surface area (TPSA) is 66.4 Å². The van der Waals surface area contributed by atoms with Gasteiger partial charge < -0.3 is 10.4 Å². The van der Waals surface area contributed by atoms with Crippen LogP contribution in [0.5, 0.6) is 0 Å². The number of amides is 1. The molecular weight excluding hydrogens is 266 g/mol. The number of carboxylic acids is 1. The van der Waals surface area contributed by atoms with E-state index in [2.05, 4.69) is 5.32 Å². The summed E-state index contributed by atoms with van der Waals surface area (Å²) in [6.45, 7) is 0. The maximum Gasteiger partial charge on any atom is 0.326 e. The third kappa shape index (κ3) is 2.18. The number of hydrogen-bond donors (Lipinski definition) is 2. The zero-order valence-electron chi connectivity index (χ0n) is 12.5. The summed E-state index contributed by atoms with van der Waals surface area (Å²) >= 11 is 0. The third-order valence-corrected chi connectivity index (χ3v) is 6.72. The van der Waals surface area contributed by atoms with E-state index in [4.69, 9.17) is 0 Å². The van der Waals surface area contributed by atoms with Crippen molar-refractivity contribution < 1.29 is 14.7 Å². The Hall–Kier alpha value is -1.06. The number of carbonyl (C=O) groups excluding carboxylic acids is 1. The zero-order chi connectivity index (χ0) is 14.6. The lowest BCUT2D eigenvalue weighted by molar-refractivity contribution is -0.144. The van der Waals surface area contributed by atoms with Gasteiger partial charge in [-0.3, -0.25) is 4.79 Å². The van der Waals surface area contributed by atoms with Crippen molar-refractivity contribution in [1.82, 2.24) is 5.32 Å². The van der Waals surface area contributed by atoms with Crippen LogP contribution < -0.4 is 5.32 Å². The third-order valence-electron chi connectivity index (χ3n) is 6.72. The minimum Gasteiger partial charge on any atom is -0.480 e. The summed E-state index contributed by atoms with van der Waals surface area (Å²) in [6, 6.07) is -0.656. The molecule has 116 valence electrons. The molecule has 2 bridgehead atoms. The fourth-order valence-corrected chi connectivity index (χ4v) is 5.77. The fraction of sp³-hybridized carbons (Fsp3) is 0.882. The second-order valence-corrected chi connectivity index (χ2v) is 7.74. The molecule has 4 aliphatic rings. The van der Waals surface area contributed by atoms with Crippen LogP contribution in [-0.2, 0) is 9.59 Å². The van der Waals surface area contributed by atoms with Gasteiger partial charge in [-0.2, -0.15) is 0 Å². The van der Waals surface area contributed by atoms with E-state index in [1.54, 1.807) is 0 Å². The molecule has 0 aliphatic heterocycles. The quantitative estimate of drug-likeness (QED) is 0.836. The lowest BCUT2D eigenvalue weighted by atomic mass is 9.83. The summed E-state index contributed by atoms with van der Waals surface area (Å²) in [6.07, 6.45) is 9.20. The molecule has 4 rings (SSSR count). The second-order valence-electron chi connectivity index (χ2n) is 7.74. The van der Waals surface area contributed by atoms with Crippen LogP contribution in [0.15, 0.2) is 0 Å². The Labute approximate surface area is 125 Å². The molecule has 0 radical (unpaired) electrons. The van der Waals surface area contributed by atoms with Gasteiger partial charge in [-0.25, -0.2) is 4.79 Å². The number of hydrogen-bond acceptors (Lipinski definition) is 2. The van der Waals surface area contributed by atoms with E-state index in [0.29, 0.717) is 11.8 Å². The van der Waals surface area contributed by atoms with Crippen molar-refractivity contribution in [3.63, 3.8) is 0 Å². The molecule has 4 saturated carbocycles. The van der Waals surface area contributed by atoms with Crippen molar-refractivity contribution in [2.24, 2.45) is 35.5 Å². The Morgan fingerprint density at radius 3 is 2.14 bits per heavy atom. The van der Waals surface area contributed by atoms with Gasteiger partial charge in [0.05, 0.1) is 0 Å². The maximum absolute atomic E-state index is 12.5. The van der Waals surface area contributed by atoms with Gasteiger partial charge in [-0.15, -0.1) is 0 Å². The standard InChI is InChI=1S/C17H25NO3/c19-16(14-12-10-6-7-11(8-10)13(12)14)18-15(17(20)21)9-4-2-1-3-5-9/h9-15H,1-8H2,(H,18,19)(H,20,21). The van der Waals surface area contributed by atoms with E-state index in [-0.39, 0.29) is 17.7 Å². The van der Waals surface area contributed by atoms with Crippen LogP contribution in [0.25, 0.3) is 0 Å². The van der Waals surface area contributed by atoms with Crippen LogP contribution in [0, 0.1) is 35.5 Å². The van der Waals surface area contributed by atoms with Gasteiger partial charge in [-0.05, 0) is 61.7 Å². The monoisotopic (exact) mass is 291 g/mol. The molecule has 0 aromatic heterocycles. The van der Waals surface area contributed by atoms with E-state index < -0.39 is 12.0 Å². The Balaban J connectivity index is 1.39. The van der Waals surface area contributed by atoms with E-state index in [0.717, 1.165) is 37.5 Å². The van der Waals surface area contributed by atoms with Crippen LogP contribution in [0.1, 0.15) is 51.4 Å². The average Bonchev–Trinajstić information content (AvgIpc) is 2.93. The first-order valence-corrected chi connectivity index (χ1v) is 8.70. The van der Waals surface area contributed by atoms with Crippen LogP contribution in [0.2, 0.25) is 0 Å². The van der Waals surface area contributed by atoms with Crippen molar-refractivity contribution in [2.75, 3.05) is 0 Å². The largest absolute Gasteiger partial charge is 0.480 e. The molecule has 0 aromatic rings. The number of nitrogens with one attached hydrogen (secondary N) is 1. The van der Waals surface area contributed by atoms with Gasteiger partial charge in [0.15, 0.2) is 0 Å². The highest BCUT2D eigenvalue weighted by atomic mass is 16.4. The normalized spacial score (nSPS) is 42.4. The van der Waals surface area contributed by atoms with Gasteiger partial charge >= 0.3 is 5.97 Å². The highest BCUT2D eigenvalue weighted by Crippen LogP contribution is 2.69. The predicted molar refractivity (Wildman–Crippen MR) is 77.4 cm³/mol. The SMILES string of the molecule is O=C(O)C(NC(=O)C1C2C3CCC(C3)C12)C1CCCCC1. The minimum atomic E-state index is -0.843. The second kappa shape index (κ2) is 4.99. The van der Waals surface area contributed by atoms with Gasteiger partial charge in [0.25, 0.3) is 0 Å². The summed E-state index contributed by atoms with van der Waals surface area (Å²) in [4.78, 5) is 24.1. The van der Waals surface area contributed by atoms with Crippen LogP contribution in [-0.4, -0.2) is 23.0 Å². The van der Waals surface area contributed by atoms with Gasteiger partial charge in [-0.1, -0.05) is 19.3 Å². The zero-order valence-corrected chi connectivity index (χ0v) is 12.5. The van der Waals surface area contributed by atoms with Crippen molar-refractivity contribution >= 4 is 11.9 Å². The van der Waals surface area contributed by atoms with Crippen LogP contribution >= 0.6 is 0 Å². The highest BCUT2D eigenvalue weighted by molar-refractivity contribution is 5.87. The summed E-state index contributed by atoms with van der Waals surface area (Å²) in [5, 5.41) is 12.4. The summed E-state index contributed by atoms with van der Waals surface area (Å²) in [7, 11) is 0. The van der Waals surface area contributed by atoms with E-state index in [1.165, 1.54) is 25.7 Å². The Bertz CT molecular complexity index is 441. The maximum atomic E-state index is 12.5. The highest BCUT2D eigenvalue weighted by Gasteiger charge is 2.67. The predicted octanol–water partition coefficient (Wildman–Crippen LogP) is 2.43. The minimum absolute atomic E-state index is 0.0413. The van der Waals surface area contributed by atoms with Crippen LogP contribution in [0.3, 0.4) is 0 Å². The molecule has 2 N–H and O–H groups in total. The van der Waals surface area contributed by atoms with Gasteiger partial charge in [0, 0.05) is 5.92 Å². The van der Waals surface area contributed by atoms with Crippen molar-refractivity contribution in [2.45, 2.75) is 57.4 Å². The van der Waals surface area contributed by atoms with E-state index in [1.807, 2.05) is 0 Å². The molecule has 4 nitrogen and oxygen atoms in total. The van der Waals surface area contributed by atoms with Gasteiger partial charge in [0.2, 0.25) is 5.91 Å². The summed E-state index contributed by atoms with van der Waals surface area (Å²) in [5.41, 5.74) is 0. The molecule has 4 heteroatoms. The fourth-order valence-electron chi connectivity index (χ4n) is 5.77. The lowest BCUT2D eigenvalue weighted by Gasteiger charge is -2.28. The van der Waals surface area contributed by atoms with Crippen molar-refractivity contribution in [3.05, 3.63) is 0 Å². The number of rotatable bonds is 4. The lowest BCUT2D eigenvalue weighted by Crippen LogP contribution is -2.47. The smallest absolute Gasteiger partial charge is 0.326 e. The van der Waals surface area contributed by atoms with Crippen molar-refractivity contribution in [1.29, 1.82) is 0 Å². The molecule has 5 atom stereocenters. The first kappa shape index (κ1) is 13.6. The molecule has 5 unspecified atom stereocenters. The Kier molecular flexibility index (Phi) is 3.23. The van der Waals surface area contributed by atoms with Crippen LogP contribution in [0.4, 0.5) is 0 Å². The molecule has 0 saturated heterocycles. The first-order valence-electron chi connectivity index (χ1n) is 8.70. The summed E-state index contributed by atoms with van der Waals surface area (Å²) < 4.78 is 0. The Morgan fingerprint density at radius 1 is 0.952 bits per heavy atom. The van der Waals surface area contributed by atoms with Crippen molar-refractivity contribution in [3.8, 4) is 0 Å². The average molecular weight is 291 g/mol. The molecule has 1 amide bonds. The molecule has 21 heavy (non-hydrogen) atoms. The molecule has 0 spiro atoms. The van der Waals surface area contributed by atoms with E-state index >= 15 is 0 Å². The van der Waals surface area contributed by atoms with Gasteiger partial charge in [0.1, 0.15) is 6.04 Å². The Morgan fingerprint density at radius 2 is 1.57 bits per heavy atom. The molecule has 0 aromatic carbocycles. The number of fused-ring (bicyclic) bond motifs is 5. The summed E-state index contributed by atoms with van der Waals surface area (Å²) in [5.74, 6) is 2.16. The molecule has 0 heterocycles. The molecule has 4 fully saturated rings. The number of aliphatic carboxylic acids is 1. The molecule has 4 aliphatic carbocycles. The molecular formula is C17H25NO3. The number of carbonyl (C=O) groups is 2. The van der Waals surface area contributed by atoms with E-state index in [9.17, 15) is 14.7 Å².